The van der Waals surface area contributed by atoms with Gasteiger partial charge in [-0.05, 0) is 61.9 Å². The maximum Gasteiger partial charge on any atom is 0.274 e. The Labute approximate surface area is 190 Å². The van der Waals surface area contributed by atoms with Crippen LogP contribution in [0, 0.1) is 13.8 Å². The molecule has 8 nitrogen and oxygen atoms in total. The minimum Gasteiger partial charge on any atom is -0.381 e. The van der Waals surface area contributed by atoms with Crippen LogP contribution in [0.2, 0.25) is 0 Å². The molecule has 2 aliphatic heterocycles. The van der Waals surface area contributed by atoms with Gasteiger partial charge in [0.15, 0.2) is 0 Å². The topological polar surface area (TPSA) is 92.6 Å². The first-order chi connectivity index (χ1) is 16.0. The molecule has 2 aliphatic rings. The zero-order valence-electron chi connectivity index (χ0n) is 18.7. The Balaban J connectivity index is 1.48. The quantitative estimate of drug-likeness (QED) is 0.513. The molecule has 0 saturated carbocycles. The predicted molar refractivity (Wildman–Crippen MR) is 125 cm³/mol. The number of aromatic amines is 1. The average molecular weight is 444 g/mol. The van der Waals surface area contributed by atoms with Crippen LogP contribution in [0.1, 0.15) is 51.6 Å². The Morgan fingerprint density at radius 3 is 2.85 bits per heavy atom. The minimum absolute atomic E-state index is 0.100. The molecule has 4 aromatic rings. The van der Waals surface area contributed by atoms with E-state index in [1.807, 2.05) is 24.3 Å². The maximum atomic E-state index is 13.5. The molecule has 6 rings (SSSR count). The molecule has 1 saturated heterocycles. The number of imidazole rings is 1. The molecule has 1 amide bonds. The molecule has 3 aromatic heterocycles. The van der Waals surface area contributed by atoms with Crippen molar-refractivity contribution in [2.45, 2.75) is 39.0 Å². The van der Waals surface area contributed by atoms with Gasteiger partial charge < -0.3 is 9.72 Å². The molecule has 1 atom stereocenters. The van der Waals surface area contributed by atoms with Gasteiger partial charge in [0, 0.05) is 30.8 Å². The number of pyridine rings is 1. The van der Waals surface area contributed by atoms with Crippen LogP contribution in [0.3, 0.4) is 0 Å². The smallest absolute Gasteiger partial charge is 0.274 e. The summed E-state index contributed by atoms with van der Waals surface area (Å²) in [6.07, 6.45) is 6.17. The molecular weight excluding hydrogens is 418 g/mol. The zero-order valence-corrected chi connectivity index (χ0v) is 18.7. The van der Waals surface area contributed by atoms with Crippen LogP contribution < -0.4 is 10.5 Å². The molecule has 8 heteroatoms. The summed E-state index contributed by atoms with van der Waals surface area (Å²) >= 11 is 0. The highest BCUT2D eigenvalue weighted by Gasteiger charge is 2.29. The number of hydrogen-bond acceptors (Lipinski definition) is 5. The summed E-state index contributed by atoms with van der Waals surface area (Å²) in [5.41, 5.74) is 5.34. The first-order valence-electron chi connectivity index (χ1n) is 11.4. The summed E-state index contributed by atoms with van der Waals surface area (Å²) in [7, 11) is 0. The van der Waals surface area contributed by atoms with Crippen molar-refractivity contribution >= 4 is 28.3 Å². The minimum atomic E-state index is -0.219. The van der Waals surface area contributed by atoms with E-state index in [2.05, 4.69) is 21.0 Å². The summed E-state index contributed by atoms with van der Waals surface area (Å²) in [5, 5.41) is 0. The summed E-state index contributed by atoms with van der Waals surface area (Å²) in [6.45, 7) is 5.91. The van der Waals surface area contributed by atoms with Gasteiger partial charge in [-0.3, -0.25) is 18.9 Å². The van der Waals surface area contributed by atoms with E-state index in [0.717, 1.165) is 59.7 Å². The van der Waals surface area contributed by atoms with E-state index in [9.17, 15) is 9.59 Å². The second kappa shape index (κ2) is 7.52. The van der Waals surface area contributed by atoms with Gasteiger partial charge >= 0.3 is 0 Å². The number of benzene rings is 1. The summed E-state index contributed by atoms with van der Waals surface area (Å²) in [5.74, 6) is 1.61. The number of aryl methyl sites for hydroxylation is 2. The molecular formula is C25H25N5O3. The number of carbonyl (C=O) groups is 1. The monoisotopic (exact) mass is 443 g/mol. The number of carbonyl (C=O) groups excluding carboxylic acids is 1. The van der Waals surface area contributed by atoms with E-state index < -0.39 is 0 Å². The van der Waals surface area contributed by atoms with Crippen LogP contribution in [-0.4, -0.2) is 45.0 Å². The Morgan fingerprint density at radius 1 is 1.15 bits per heavy atom. The lowest BCUT2D eigenvalue weighted by Gasteiger charge is -2.22. The Kier molecular flexibility index (Phi) is 4.58. The highest BCUT2D eigenvalue weighted by atomic mass is 16.5. The van der Waals surface area contributed by atoms with Crippen molar-refractivity contribution in [1.29, 1.82) is 0 Å². The number of rotatable bonds is 2. The van der Waals surface area contributed by atoms with Gasteiger partial charge in [0.25, 0.3) is 11.5 Å². The molecule has 0 radical (unpaired) electrons. The highest BCUT2D eigenvalue weighted by Crippen LogP contribution is 2.31. The molecule has 5 heterocycles. The van der Waals surface area contributed by atoms with Gasteiger partial charge in [-0.2, -0.15) is 0 Å². The van der Waals surface area contributed by atoms with Crippen LogP contribution in [0.25, 0.3) is 16.6 Å². The lowest BCUT2D eigenvalue weighted by atomic mass is 10.0. The van der Waals surface area contributed by atoms with Crippen molar-refractivity contribution in [2.75, 3.05) is 24.7 Å². The third kappa shape index (κ3) is 3.16. The fraction of sp³-hybridized carbons (Fsp3) is 0.360. The Bertz CT molecular complexity index is 1480. The SMILES string of the molecule is Cc1cnc2c(c1)CCN2C(=O)c1cc2[nH]c(=O)c3cnc(C4CCCOC4)n3c2cc1C. The fourth-order valence-electron chi connectivity index (χ4n) is 5.14. The maximum absolute atomic E-state index is 13.5. The number of amides is 1. The third-order valence-electron chi connectivity index (χ3n) is 6.79. The molecule has 1 unspecified atom stereocenters. The van der Waals surface area contributed by atoms with Crippen LogP contribution in [0.5, 0.6) is 0 Å². The lowest BCUT2D eigenvalue weighted by Crippen LogP contribution is -2.30. The number of anilines is 1. The average Bonchev–Trinajstić information content (AvgIpc) is 3.44. The van der Waals surface area contributed by atoms with Gasteiger partial charge in [0.1, 0.15) is 17.2 Å². The Morgan fingerprint density at radius 2 is 2.03 bits per heavy atom. The number of aromatic nitrogens is 4. The summed E-state index contributed by atoms with van der Waals surface area (Å²) < 4.78 is 7.60. The van der Waals surface area contributed by atoms with Crippen molar-refractivity contribution in [3.05, 3.63) is 69.0 Å². The van der Waals surface area contributed by atoms with E-state index in [1.54, 1.807) is 23.4 Å². The van der Waals surface area contributed by atoms with Crippen LogP contribution >= 0.6 is 0 Å². The van der Waals surface area contributed by atoms with Gasteiger partial charge in [0.05, 0.1) is 23.8 Å². The van der Waals surface area contributed by atoms with Crippen molar-refractivity contribution in [2.24, 2.45) is 0 Å². The van der Waals surface area contributed by atoms with Crippen molar-refractivity contribution in [3.63, 3.8) is 0 Å². The first kappa shape index (κ1) is 20.1. The van der Waals surface area contributed by atoms with Gasteiger partial charge in [-0.25, -0.2) is 9.97 Å². The summed E-state index contributed by atoms with van der Waals surface area (Å²) in [4.78, 5) is 40.2. The molecule has 1 fully saturated rings. The van der Waals surface area contributed by atoms with E-state index >= 15 is 0 Å². The molecule has 1 aromatic carbocycles. The molecule has 0 spiro atoms. The summed E-state index contributed by atoms with van der Waals surface area (Å²) in [6, 6.07) is 5.85. The van der Waals surface area contributed by atoms with Crippen LogP contribution in [0.4, 0.5) is 5.82 Å². The molecule has 33 heavy (non-hydrogen) atoms. The zero-order chi connectivity index (χ0) is 22.7. The predicted octanol–water partition coefficient (Wildman–Crippen LogP) is 3.28. The lowest BCUT2D eigenvalue weighted by molar-refractivity contribution is 0.0780. The molecule has 0 bridgehead atoms. The fourth-order valence-corrected chi connectivity index (χ4v) is 5.14. The first-order valence-corrected chi connectivity index (χ1v) is 11.4. The van der Waals surface area contributed by atoms with E-state index in [4.69, 9.17) is 4.74 Å². The largest absolute Gasteiger partial charge is 0.381 e. The second-order valence-electron chi connectivity index (χ2n) is 9.09. The van der Waals surface area contributed by atoms with Gasteiger partial charge in [0.2, 0.25) is 0 Å². The van der Waals surface area contributed by atoms with Crippen LogP contribution in [-0.2, 0) is 11.2 Å². The number of nitrogens with one attached hydrogen (secondary N) is 1. The number of nitrogens with zero attached hydrogens (tertiary/aromatic N) is 4. The third-order valence-corrected chi connectivity index (χ3v) is 6.79. The Hall–Kier alpha value is -3.52. The van der Waals surface area contributed by atoms with E-state index in [-0.39, 0.29) is 17.4 Å². The molecule has 168 valence electrons. The van der Waals surface area contributed by atoms with Crippen LogP contribution in [0.15, 0.2) is 35.4 Å². The number of fused-ring (bicyclic) bond motifs is 4. The molecule has 0 aliphatic carbocycles. The van der Waals surface area contributed by atoms with Gasteiger partial charge in [-0.1, -0.05) is 6.07 Å². The van der Waals surface area contributed by atoms with Gasteiger partial charge in [-0.15, -0.1) is 0 Å². The molecule has 1 N–H and O–H groups in total. The second-order valence-corrected chi connectivity index (χ2v) is 9.09. The number of ether oxygens (including phenoxy) is 1. The van der Waals surface area contributed by atoms with Crippen molar-refractivity contribution in [1.82, 2.24) is 19.4 Å². The van der Waals surface area contributed by atoms with E-state index in [1.165, 1.54) is 0 Å². The van der Waals surface area contributed by atoms with Crippen molar-refractivity contribution in [3.8, 4) is 0 Å². The standard InChI is InChI=1S/C25H25N5O3/c1-14-8-16-5-6-29(22(16)26-11-14)25(32)18-10-19-20(9-15(18)2)30-21(24(31)28-19)12-27-23(30)17-4-3-7-33-13-17/h8-12,17H,3-7,13H2,1-2H3,(H,28,31). The number of H-pyrrole nitrogens is 1. The highest BCUT2D eigenvalue weighted by molar-refractivity contribution is 6.09. The number of hydrogen-bond donors (Lipinski definition) is 1. The normalized spacial score (nSPS) is 18.2. The van der Waals surface area contributed by atoms with E-state index in [0.29, 0.717) is 29.7 Å². The van der Waals surface area contributed by atoms with Crippen molar-refractivity contribution < 1.29 is 9.53 Å².